The third-order valence-electron chi connectivity index (χ3n) is 6.53. The maximum absolute atomic E-state index is 13.0. The first-order chi connectivity index (χ1) is 16.4. The smallest absolute Gasteiger partial charge is 0.193 e. The van der Waals surface area contributed by atoms with Crippen LogP contribution >= 0.6 is 0 Å². The molecule has 2 N–H and O–H groups in total. The molecule has 34 heavy (non-hydrogen) atoms. The molecular weight excluding hydrogens is 432 g/mol. The summed E-state index contributed by atoms with van der Waals surface area (Å²) in [5, 5.41) is 0.517. The van der Waals surface area contributed by atoms with Crippen LogP contribution in [0.5, 0.6) is 17.2 Å². The van der Waals surface area contributed by atoms with E-state index in [4.69, 9.17) is 19.9 Å². The van der Waals surface area contributed by atoms with Crippen LogP contribution in [0.4, 0.5) is 5.69 Å². The number of likely N-dealkylation sites (N-methyl/N-ethyl adjacent to an activating group) is 1. The SMILES string of the molecule is COc1cc(OC)c2c(=O)cc(-c3ccc(OCCCN4CCN(C)CC4)c(N)c3)n(C)c2c1. The van der Waals surface area contributed by atoms with Crippen molar-refractivity contribution in [2.75, 3.05) is 66.3 Å². The summed E-state index contributed by atoms with van der Waals surface area (Å²) >= 11 is 0. The highest BCUT2D eigenvalue weighted by atomic mass is 16.5. The average Bonchev–Trinajstić information content (AvgIpc) is 2.85. The second kappa shape index (κ2) is 10.4. The Morgan fingerprint density at radius 1 is 0.941 bits per heavy atom. The van der Waals surface area contributed by atoms with Crippen molar-refractivity contribution in [2.45, 2.75) is 6.42 Å². The fourth-order valence-electron chi connectivity index (χ4n) is 4.45. The molecule has 2 heterocycles. The summed E-state index contributed by atoms with van der Waals surface area (Å²) in [6.07, 6.45) is 0.952. The molecule has 0 aliphatic carbocycles. The molecule has 0 amide bonds. The second-order valence-corrected chi connectivity index (χ2v) is 8.78. The number of hydrogen-bond acceptors (Lipinski definition) is 7. The summed E-state index contributed by atoms with van der Waals surface area (Å²) in [6, 6.07) is 10.8. The molecule has 0 saturated carbocycles. The standard InChI is InChI=1S/C26H34N4O4/c1-28-9-11-30(12-10-28)8-5-13-34-24-7-6-18(14-20(24)27)21-17-23(31)26-22(29(21)2)15-19(32-3)16-25(26)33-4/h6-7,14-17H,5,8-13,27H2,1-4H3. The number of nitrogen functional groups attached to an aromatic ring is 1. The van der Waals surface area contributed by atoms with Gasteiger partial charge in [-0.15, -0.1) is 0 Å². The molecule has 0 bridgehead atoms. The number of ether oxygens (including phenoxy) is 3. The summed E-state index contributed by atoms with van der Waals surface area (Å²) in [7, 11) is 7.21. The molecule has 182 valence electrons. The second-order valence-electron chi connectivity index (χ2n) is 8.78. The summed E-state index contributed by atoms with van der Waals surface area (Å²) in [5.41, 5.74) is 9.06. The van der Waals surface area contributed by atoms with Gasteiger partial charge in [0, 0.05) is 63.5 Å². The van der Waals surface area contributed by atoms with Crippen LogP contribution in [0.25, 0.3) is 22.2 Å². The molecule has 2 aromatic carbocycles. The lowest BCUT2D eigenvalue weighted by Gasteiger charge is -2.32. The Bertz CT molecular complexity index is 1220. The summed E-state index contributed by atoms with van der Waals surface area (Å²) < 4.78 is 18.7. The summed E-state index contributed by atoms with van der Waals surface area (Å²) in [6.45, 7) is 6.09. The van der Waals surface area contributed by atoms with E-state index < -0.39 is 0 Å². The minimum Gasteiger partial charge on any atom is -0.497 e. The number of methoxy groups -OCH3 is 2. The Hall–Kier alpha value is -3.23. The maximum atomic E-state index is 13.0. The Balaban J connectivity index is 1.51. The van der Waals surface area contributed by atoms with Crippen LogP contribution in [-0.4, -0.2) is 75.0 Å². The van der Waals surface area contributed by atoms with Crippen molar-refractivity contribution in [3.63, 3.8) is 0 Å². The molecule has 4 rings (SSSR count). The Morgan fingerprint density at radius 3 is 2.38 bits per heavy atom. The molecule has 0 atom stereocenters. The number of fused-ring (bicyclic) bond motifs is 1. The predicted molar refractivity (Wildman–Crippen MR) is 136 cm³/mol. The van der Waals surface area contributed by atoms with Gasteiger partial charge in [0.1, 0.15) is 17.2 Å². The van der Waals surface area contributed by atoms with Crippen molar-refractivity contribution < 1.29 is 14.2 Å². The highest BCUT2D eigenvalue weighted by Gasteiger charge is 2.16. The lowest BCUT2D eigenvalue weighted by Crippen LogP contribution is -2.44. The molecule has 3 aromatic rings. The Morgan fingerprint density at radius 2 is 1.71 bits per heavy atom. The van der Waals surface area contributed by atoms with Crippen molar-refractivity contribution in [2.24, 2.45) is 7.05 Å². The number of piperazine rings is 1. The fraction of sp³-hybridized carbons (Fsp3) is 0.423. The molecule has 1 saturated heterocycles. The highest BCUT2D eigenvalue weighted by Crippen LogP contribution is 2.33. The van der Waals surface area contributed by atoms with Gasteiger partial charge >= 0.3 is 0 Å². The predicted octanol–water partition coefficient (Wildman–Crippen LogP) is 2.82. The van der Waals surface area contributed by atoms with Crippen LogP contribution < -0.4 is 25.4 Å². The molecule has 0 unspecified atom stereocenters. The van der Waals surface area contributed by atoms with Gasteiger partial charge < -0.3 is 34.3 Å². The van der Waals surface area contributed by atoms with Gasteiger partial charge in [-0.05, 0) is 31.7 Å². The zero-order valence-electron chi connectivity index (χ0n) is 20.5. The third-order valence-corrected chi connectivity index (χ3v) is 6.53. The van der Waals surface area contributed by atoms with Gasteiger partial charge in [0.25, 0.3) is 0 Å². The molecule has 1 aliphatic heterocycles. The number of nitrogens with two attached hydrogens (primary N) is 1. The van der Waals surface area contributed by atoms with E-state index in [0.717, 1.165) is 55.9 Å². The maximum Gasteiger partial charge on any atom is 0.193 e. The van der Waals surface area contributed by atoms with Gasteiger partial charge in [-0.1, -0.05) is 0 Å². The first-order valence-corrected chi connectivity index (χ1v) is 11.6. The Kier molecular flexibility index (Phi) is 7.29. The van der Waals surface area contributed by atoms with Crippen LogP contribution in [-0.2, 0) is 7.05 Å². The molecule has 8 heteroatoms. The number of aromatic nitrogens is 1. The number of nitrogens with zero attached hydrogens (tertiary/aromatic N) is 3. The van der Waals surface area contributed by atoms with Crippen LogP contribution in [0.15, 0.2) is 41.2 Å². The quantitative estimate of drug-likeness (QED) is 0.404. The van der Waals surface area contributed by atoms with Crippen LogP contribution in [0.3, 0.4) is 0 Å². The molecule has 8 nitrogen and oxygen atoms in total. The van der Waals surface area contributed by atoms with E-state index in [1.54, 1.807) is 26.4 Å². The number of pyridine rings is 1. The van der Waals surface area contributed by atoms with Crippen LogP contribution in [0, 0.1) is 0 Å². The minimum absolute atomic E-state index is 0.120. The zero-order chi connectivity index (χ0) is 24.2. The van der Waals surface area contributed by atoms with Crippen molar-refractivity contribution in [1.82, 2.24) is 14.4 Å². The minimum atomic E-state index is -0.120. The molecule has 0 spiro atoms. The normalized spacial score (nSPS) is 14.9. The van der Waals surface area contributed by atoms with Gasteiger partial charge in [0.05, 0.1) is 43.1 Å². The van der Waals surface area contributed by atoms with E-state index in [9.17, 15) is 4.79 Å². The average molecular weight is 467 g/mol. The number of aryl methyl sites for hydroxylation is 1. The summed E-state index contributed by atoms with van der Waals surface area (Å²) in [5.74, 6) is 1.77. The summed E-state index contributed by atoms with van der Waals surface area (Å²) in [4.78, 5) is 17.8. The number of benzene rings is 2. The molecular formula is C26H34N4O4. The molecule has 0 radical (unpaired) electrons. The molecule has 1 fully saturated rings. The lowest BCUT2D eigenvalue weighted by atomic mass is 10.1. The molecule has 1 aliphatic rings. The zero-order valence-corrected chi connectivity index (χ0v) is 20.5. The third kappa shape index (κ3) is 4.98. The monoisotopic (exact) mass is 466 g/mol. The first kappa shape index (κ1) is 23.9. The van der Waals surface area contributed by atoms with E-state index in [1.807, 2.05) is 35.9 Å². The van der Waals surface area contributed by atoms with Crippen LogP contribution in [0.2, 0.25) is 0 Å². The van der Waals surface area contributed by atoms with Gasteiger partial charge in [-0.3, -0.25) is 4.79 Å². The number of hydrogen-bond donors (Lipinski definition) is 1. The first-order valence-electron chi connectivity index (χ1n) is 11.6. The van der Waals surface area contributed by atoms with E-state index in [2.05, 4.69) is 16.8 Å². The number of rotatable bonds is 8. The number of anilines is 1. The van der Waals surface area contributed by atoms with Crippen molar-refractivity contribution >= 4 is 16.6 Å². The van der Waals surface area contributed by atoms with Gasteiger partial charge in [0.2, 0.25) is 0 Å². The van der Waals surface area contributed by atoms with E-state index in [1.165, 1.54) is 0 Å². The van der Waals surface area contributed by atoms with Gasteiger partial charge in [-0.25, -0.2) is 0 Å². The largest absolute Gasteiger partial charge is 0.497 e. The Labute approximate surface area is 200 Å². The van der Waals surface area contributed by atoms with Gasteiger partial charge in [-0.2, -0.15) is 0 Å². The lowest BCUT2D eigenvalue weighted by molar-refractivity contribution is 0.145. The van der Waals surface area contributed by atoms with Crippen LogP contribution in [0.1, 0.15) is 6.42 Å². The van der Waals surface area contributed by atoms with Gasteiger partial charge in [0.15, 0.2) is 5.43 Å². The highest BCUT2D eigenvalue weighted by molar-refractivity contribution is 5.89. The van der Waals surface area contributed by atoms with E-state index in [-0.39, 0.29) is 5.43 Å². The van der Waals surface area contributed by atoms with Crippen molar-refractivity contribution in [1.29, 1.82) is 0 Å². The van der Waals surface area contributed by atoms with Crippen molar-refractivity contribution in [3.8, 4) is 28.5 Å². The van der Waals surface area contributed by atoms with E-state index >= 15 is 0 Å². The molecule has 1 aromatic heterocycles. The van der Waals surface area contributed by atoms with E-state index in [0.29, 0.717) is 34.9 Å². The topological polar surface area (TPSA) is 82.2 Å². The fourth-order valence-corrected chi connectivity index (χ4v) is 4.45. The van der Waals surface area contributed by atoms with Crippen molar-refractivity contribution in [3.05, 3.63) is 46.6 Å².